The van der Waals surface area contributed by atoms with E-state index in [9.17, 15) is 15.0 Å². The molecule has 0 saturated heterocycles. The fraction of sp³-hybridized carbons (Fsp3) is 0.167. The fourth-order valence-electron chi connectivity index (χ4n) is 2.94. The van der Waals surface area contributed by atoms with Crippen LogP contribution in [0.2, 0.25) is 0 Å². The van der Waals surface area contributed by atoms with E-state index in [0.717, 1.165) is 0 Å². The molecule has 0 radical (unpaired) electrons. The fourth-order valence-corrected chi connectivity index (χ4v) is 2.94. The molecule has 7 nitrogen and oxygen atoms in total. The van der Waals surface area contributed by atoms with Gasteiger partial charge < -0.3 is 28.8 Å². The van der Waals surface area contributed by atoms with E-state index in [2.05, 4.69) is 0 Å². The van der Waals surface area contributed by atoms with E-state index in [0.29, 0.717) is 16.9 Å². The largest absolute Gasteiger partial charge is 0.507 e. The van der Waals surface area contributed by atoms with Crippen LogP contribution in [0.5, 0.6) is 28.7 Å². The highest BCUT2D eigenvalue weighted by Crippen LogP contribution is 2.43. The maximum Gasteiger partial charge on any atom is 0.239 e. The number of hydrogen-bond acceptors (Lipinski definition) is 7. The smallest absolute Gasteiger partial charge is 0.239 e. The van der Waals surface area contributed by atoms with E-state index in [4.69, 9.17) is 18.6 Å². The van der Waals surface area contributed by atoms with Gasteiger partial charge in [0.15, 0.2) is 17.3 Å². The Morgan fingerprint density at radius 1 is 1.04 bits per heavy atom. The predicted octanol–water partition coefficient (Wildman–Crippen LogP) is 2.78. The number of phenols is 2. The summed E-state index contributed by atoms with van der Waals surface area (Å²) in [6.07, 6.45) is 0. The van der Waals surface area contributed by atoms with Crippen molar-refractivity contribution in [1.29, 1.82) is 0 Å². The molecule has 0 spiro atoms. The van der Waals surface area contributed by atoms with Crippen LogP contribution >= 0.6 is 0 Å². The Hall–Kier alpha value is -3.35. The number of benzene rings is 2. The van der Waals surface area contributed by atoms with Gasteiger partial charge in [0.2, 0.25) is 11.2 Å². The second kappa shape index (κ2) is 5.34. The van der Waals surface area contributed by atoms with Crippen LogP contribution in [0.3, 0.4) is 0 Å². The Balaban J connectivity index is 2.07. The maximum atomic E-state index is 12.8. The number of methoxy groups -OCH3 is 2. The van der Waals surface area contributed by atoms with E-state index in [-0.39, 0.29) is 46.3 Å². The van der Waals surface area contributed by atoms with Gasteiger partial charge in [-0.3, -0.25) is 4.79 Å². The summed E-state index contributed by atoms with van der Waals surface area (Å²) in [6, 6.07) is 5.94. The van der Waals surface area contributed by atoms with Crippen molar-refractivity contribution in [2.75, 3.05) is 14.2 Å². The molecule has 2 heterocycles. The number of phenolic OH excluding ortho intramolecular Hbond substituents is 2. The molecular weight excluding hydrogens is 328 g/mol. The molecule has 0 atom stereocenters. The minimum atomic E-state index is -0.478. The Labute approximate surface area is 141 Å². The normalized spacial score (nSPS) is 12.2. The van der Waals surface area contributed by atoms with Gasteiger partial charge in [-0.15, -0.1) is 0 Å². The molecule has 128 valence electrons. The molecule has 0 aliphatic carbocycles. The van der Waals surface area contributed by atoms with Gasteiger partial charge in [0.1, 0.15) is 29.1 Å². The van der Waals surface area contributed by atoms with E-state index in [1.807, 2.05) is 0 Å². The third kappa shape index (κ3) is 2.16. The average Bonchev–Trinajstić information content (AvgIpc) is 2.60. The molecule has 3 aromatic rings. The average molecular weight is 342 g/mol. The highest BCUT2D eigenvalue weighted by molar-refractivity contribution is 5.89. The summed E-state index contributed by atoms with van der Waals surface area (Å²) in [4.78, 5) is 12.8. The highest BCUT2D eigenvalue weighted by atomic mass is 16.5. The Bertz CT molecular complexity index is 1070. The molecule has 2 N–H and O–H groups in total. The van der Waals surface area contributed by atoms with Crippen molar-refractivity contribution >= 4 is 11.0 Å². The molecule has 7 heteroatoms. The molecule has 4 rings (SSSR count). The lowest BCUT2D eigenvalue weighted by atomic mass is 10.0. The first kappa shape index (κ1) is 15.2. The molecule has 1 aromatic heterocycles. The molecule has 25 heavy (non-hydrogen) atoms. The second-order valence-corrected chi connectivity index (χ2v) is 5.58. The first-order chi connectivity index (χ1) is 12.0. The van der Waals surface area contributed by atoms with Crippen molar-refractivity contribution in [2.24, 2.45) is 0 Å². The molecule has 0 amide bonds. The van der Waals surface area contributed by atoms with Gasteiger partial charge in [0.25, 0.3) is 0 Å². The van der Waals surface area contributed by atoms with Crippen LogP contribution < -0.4 is 19.6 Å². The van der Waals surface area contributed by atoms with Gasteiger partial charge in [-0.05, 0) is 12.1 Å². The standard InChI is InChI=1S/C18H14O7/c1-22-9-4-12(20)15-14(5-9)25-17-10-6-13(23-2)11(19)3-8(10)7-24-18(17)16(15)21/h3-6,19-20H,7H2,1-2H3. The zero-order valence-corrected chi connectivity index (χ0v) is 13.5. The summed E-state index contributed by atoms with van der Waals surface area (Å²) in [5.74, 6) is 0.549. The van der Waals surface area contributed by atoms with Crippen LogP contribution in [0.1, 0.15) is 5.56 Å². The van der Waals surface area contributed by atoms with Gasteiger partial charge in [0, 0.05) is 23.3 Å². The molecule has 0 unspecified atom stereocenters. The molecular formula is C18H14O7. The summed E-state index contributed by atoms with van der Waals surface area (Å²) in [6.45, 7) is 0.0903. The highest BCUT2D eigenvalue weighted by Gasteiger charge is 2.27. The van der Waals surface area contributed by atoms with Crippen LogP contribution in [0, 0.1) is 0 Å². The summed E-state index contributed by atoms with van der Waals surface area (Å²) < 4.78 is 21.6. The van der Waals surface area contributed by atoms with Crippen molar-refractivity contribution in [3.63, 3.8) is 0 Å². The minimum absolute atomic E-state index is 0.00760. The molecule has 2 aromatic carbocycles. The first-order valence-electron chi connectivity index (χ1n) is 7.44. The van der Waals surface area contributed by atoms with E-state index >= 15 is 0 Å². The van der Waals surface area contributed by atoms with E-state index in [1.165, 1.54) is 32.4 Å². The van der Waals surface area contributed by atoms with Crippen LogP contribution in [0.4, 0.5) is 0 Å². The number of rotatable bonds is 2. The topological polar surface area (TPSA) is 98.4 Å². The quantitative estimate of drug-likeness (QED) is 0.739. The SMILES string of the molecule is COc1cc(O)c2c(=O)c3c(oc2c1)-c1cc(OC)c(O)cc1CO3. The monoisotopic (exact) mass is 342 g/mol. The van der Waals surface area contributed by atoms with Crippen LogP contribution in [-0.4, -0.2) is 24.4 Å². The number of ether oxygens (including phenoxy) is 3. The van der Waals surface area contributed by atoms with Crippen molar-refractivity contribution in [1.82, 2.24) is 0 Å². The lowest BCUT2D eigenvalue weighted by Crippen LogP contribution is -2.15. The molecule has 0 bridgehead atoms. The predicted molar refractivity (Wildman–Crippen MR) is 88.7 cm³/mol. The summed E-state index contributed by atoms with van der Waals surface area (Å²) in [5, 5.41) is 20.1. The van der Waals surface area contributed by atoms with Crippen molar-refractivity contribution in [3.05, 3.63) is 40.1 Å². The van der Waals surface area contributed by atoms with Crippen molar-refractivity contribution in [2.45, 2.75) is 6.61 Å². The van der Waals surface area contributed by atoms with Crippen LogP contribution in [0.15, 0.2) is 33.5 Å². The van der Waals surface area contributed by atoms with Crippen LogP contribution in [0.25, 0.3) is 22.3 Å². The van der Waals surface area contributed by atoms with Gasteiger partial charge in [-0.25, -0.2) is 0 Å². The number of aromatic hydroxyl groups is 2. The number of hydrogen-bond donors (Lipinski definition) is 2. The number of fused-ring (bicyclic) bond motifs is 4. The summed E-state index contributed by atoms with van der Waals surface area (Å²) in [5.41, 5.74) is 0.927. The van der Waals surface area contributed by atoms with Crippen molar-refractivity contribution in [3.8, 4) is 40.1 Å². The van der Waals surface area contributed by atoms with Gasteiger partial charge in [-0.1, -0.05) is 0 Å². The minimum Gasteiger partial charge on any atom is -0.507 e. The lowest BCUT2D eigenvalue weighted by molar-refractivity contribution is 0.288. The lowest BCUT2D eigenvalue weighted by Gasteiger charge is -2.20. The second-order valence-electron chi connectivity index (χ2n) is 5.58. The third-order valence-corrected chi connectivity index (χ3v) is 4.16. The Morgan fingerprint density at radius 3 is 2.56 bits per heavy atom. The van der Waals surface area contributed by atoms with E-state index in [1.54, 1.807) is 6.07 Å². The zero-order valence-electron chi connectivity index (χ0n) is 13.5. The van der Waals surface area contributed by atoms with Gasteiger partial charge in [0.05, 0.1) is 14.2 Å². The molecule has 1 aliphatic rings. The van der Waals surface area contributed by atoms with Crippen LogP contribution in [-0.2, 0) is 6.61 Å². The van der Waals surface area contributed by atoms with Gasteiger partial charge >= 0.3 is 0 Å². The van der Waals surface area contributed by atoms with Crippen molar-refractivity contribution < 1.29 is 28.8 Å². The molecule has 0 saturated carbocycles. The molecule has 1 aliphatic heterocycles. The maximum absolute atomic E-state index is 12.8. The first-order valence-corrected chi connectivity index (χ1v) is 7.44. The Morgan fingerprint density at radius 2 is 1.84 bits per heavy atom. The molecule has 0 fully saturated rings. The van der Waals surface area contributed by atoms with Gasteiger partial charge in [-0.2, -0.15) is 0 Å². The summed E-state index contributed by atoms with van der Waals surface area (Å²) in [7, 11) is 2.88. The zero-order chi connectivity index (χ0) is 17.7. The van der Waals surface area contributed by atoms with E-state index < -0.39 is 5.43 Å². The third-order valence-electron chi connectivity index (χ3n) is 4.16. The summed E-state index contributed by atoms with van der Waals surface area (Å²) >= 11 is 0. The Kier molecular flexibility index (Phi) is 3.24.